The number of hydrogen-bond acceptors (Lipinski definition) is 3. The molecule has 0 fully saturated rings. The second-order valence-electron chi connectivity index (χ2n) is 4.77. The molecule has 0 unspecified atom stereocenters. The first-order chi connectivity index (χ1) is 10.1. The van der Waals surface area contributed by atoms with E-state index >= 15 is 0 Å². The largest absolute Gasteiger partial charge is 0.493 e. The number of nitrogens with one attached hydrogen (secondary N) is 1. The Hall–Kier alpha value is -2.49. The molecular formula is C17H19NO3. The molecule has 4 nitrogen and oxygen atoms in total. The monoisotopic (exact) mass is 285 g/mol. The van der Waals surface area contributed by atoms with E-state index in [1.165, 1.54) is 0 Å². The van der Waals surface area contributed by atoms with Gasteiger partial charge in [0.15, 0.2) is 17.6 Å². The number of rotatable bonds is 5. The van der Waals surface area contributed by atoms with Crippen LogP contribution in [-0.2, 0) is 4.79 Å². The van der Waals surface area contributed by atoms with Crippen LogP contribution in [0.3, 0.4) is 0 Å². The fourth-order valence-corrected chi connectivity index (χ4v) is 1.84. The summed E-state index contributed by atoms with van der Waals surface area (Å²) in [6.07, 6.45) is -0.623. The van der Waals surface area contributed by atoms with Gasteiger partial charge in [-0.3, -0.25) is 4.79 Å². The van der Waals surface area contributed by atoms with Crippen LogP contribution in [0, 0.1) is 6.92 Å². The Morgan fingerprint density at radius 1 is 1.05 bits per heavy atom. The molecule has 4 heteroatoms. The Morgan fingerprint density at radius 3 is 2.29 bits per heavy atom. The number of benzene rings is 2. The molecule has 0 spiro atoms. The van der Waals surface area contributed by atoms with Crippen molar-refractivity contribution >= 4 is 11.6 Å². The van der Waals surface area contributed by atoms with Gasteiger partial charge in [0.05, 0.1) is 7.11 Å². The maximum atomic E-state index is 12.1. The summed E-state index contributed by atoms with van der Waals surface area (Å²) in [6, 6.07) is 14.9. The lowest BCUT2D eigenvalue weighted by molar-refractivity contribution is -0.122. The highest BCUT2D eigenvalue weighted by Gasteiger charge is 2.16. The van der Waals surface area contributed by atoms with E-state index in [-0.39, 0.29) is 5.91 Å². The topological polar surface area (TPSA) is 47.6 Å². The van der Waals surface area contributed by atoms with Crippen LogP contribution >= 0.6 is 0 Å². The molecule has 0 aromatic heterocycles. The first kappa shape index (κ1) is 14.9. The Balaban J connectivity index is 2.01. The van der Waals surface area contributed by atoms with Crippen LogP contribution in [0.4, 0.5) is 5.69 Å². The van der Waals surface area contributed by atoms with Gasteiger partial charge in [0.2, 0.25) is 0 Å². The second-order valence-corrected chi connectivity index (χ2v) is 4.77. The summed E-state index contributed by atoms with van der Waals surface area (Å²) in [5.41, 5.74) is 1.90. The molecule has 1 atom stereocenters. The van der Waals surface area contributed by atoms with Gasteiger partial charge in [-0.25, -0.2) is 0 Å². The van der Waals surface area contributed by atoms with Gasteiger partial charge in [0.1, 0.15) is 0 Å². The zero-order chi connectivity index (χ0) is 15.2. The number of amides is 1. The third kappa shape index (κ3) is 3.99. The van der Waals surface area contributed by atoms with Crippen LogP contribution in [-0.4, -0.2) is 19.1 Å². The minimum absolute atomic E-state index is 0.204. The van der Waals surface area contributed by atoms with Gasteiger partial charge in [0.25, 0.3) is 5.91 Å². The first-order valence-corrected chi connectivity index (χ1v) is 6.77. The number of para-hydroxylation sites is 2. The molecule has 0 aliphatic rings. The van der Waals surface area contributed by atoms with Gasteiger partial charge in [0, 0.05) is 5.69 Å². The Kier molecular flexibility index (Phi) is 4.82. The predicted octanol–water partition coefficient (Wildman–Crippen LogP) is 3.41. The molecule has 1 N–H and O–H groups in total. The van der Waals surface area contributed by atoms with Crippen LogP contribution in [0.15, 0.2) is 48.5 Å². The van der Waals surface area contributed by atoms with Crippen LogP contribution in [0.25, 0.3) is 0 Å². The smallest absolute Gasteiger partial charge is 0.265 e. The lowest BCUT2D eigenvalue weighted by Crippen LogP contribution is -2.30. The number of ether oxygens (including phenoxy) is 2. The van der Waals surface area contributed by atoms with Gasteiger partial charge in [-0.2, -0.15) is 0 Å². The number of carbonyl (C=O) groups is 1. The van der Waals surface area contributed by atoms with Gasteiger partial charge in [-0.15, -0.1) is 0 Å². The summed E-state index contributed by atoms with van der Waals surface area (Å²) in [6.45, 7) is 3.70. The molecule has 110 valence electrons. The van der Waals surface area contributed by atoms with Crippen molar-refractivity contribution in [3.63, 3.8) is 0 Å². The molecule has 2 rings (SSSR count). The molecule has 0 heterocycles. The second kappa shape index (κ2) is 6.79. The molecule has 21 heavy (non-hydrogen) atoms. The highest BCUT2D eigenvalue weighted by atomic mass is 16.5. The summed E-state index contributed by atoms with van der Waals surface area (Å²) < 4.78 is 10.9. The quantitative estimate of drug-likeness (QED) is 0.915. The molecule has 0 bridgehead atoms. The lowest BCUT2D eigenvalue weighted by atomic mass is 10.2. The van der Waals surface area contributed by atoms with Crippen molar-refractivity contribution < 1.29 is 14.3 Å². The van der Waals surface area contributed by atoms with E-state index < -0.39 is 6.10 Å². The molecule has 0 saturated heterocycles. The Labute approximate surface area is 124 Å². The van der Waals surface area contributed by atoms with E-state index in [4.69, 9.17) is 9.47 Å². The fourth-order valence-electron chi connectivity index (χ4n) is 1.84. The number of carbonyl (C=O) groups excluding carboxylic acids is 1. The van der Waals surface area contributed by atoms with Crippen molar-refractivity contribution in [2.75, 3.05) is 12.4 Å². The van der Waals surface area contributed by atoms with Crippen molar-refractivity contribution in [2.24, 2.45) is 0 Å². The summed E-state index contributed by atoms with van der Waals surface area (Å²) in [7, 11) is 1.57. The average Bonchev–Trinajstić information content (AvgIpc) is 2.50. The zero-order valence-corrected chi connectivity index (χ0v) is 12.4. The van der Waals surface area contributed by atoms with Crippen molar-refractivity contribution in [3.05, 3.63) is 54.1 Å². The maximum absolute atomic E-state index is 12.1. The molecule has 0 aliphatic carbocycles. The van der Waals surface area contributed by atoms with Crippen LogP contribution in [0.1, 0.15) is 12.5 Å². The minimum atomic E-state index is -0.623. The van der Waals surface area contributed by atoms with E-state index in [9.17, 15) is 4.79 Å². The van der Waals surface area contributed by atoms with E-state index in [0.29, 0.717) is 11.5 Å². The summed E-state index contributed by atoms with van der Waals surface area (Å²) in [5.74, 6) is 0.948. The minimum Gasteiger partial charge on any atom is -0.493 e. The molecule has 0 radical (unpaired) electrons. The van der Waals surface area contributed by atoms with Crippen molar-refractivity contribution in [3.8, 4) is 11.5 Å². The molecule has 2 aromatic carbocycles. The number of aryl methyl sites for hydroxylation is 1. The van der Waals surface area contributed by atoms with Gasteiger partial charge < -0.3 is 14.8 Å². The summed E-state index contributed by atoms with van der Waals surface area (Å²) >= 11 is 0. The van der Waals surface area contributed by atoms with Crippen molar-refractivity contribution in [1.82, 2.24) is 0 Å². The fraction of sp³-hybridized carbons (Fsp3) is 0.235. The third-order valence-corrected chi connectivity index (χ3v) is 3.06. The molecule has 0 aliphatic heterocycles. The van der Waals surface area contributed by atoms with Gasteiger partial charge >= 0.3 is 0 Å². The average molecular weight is 285 g/mol. The highest BCUT2D eigenvalue weighted by Crippen LogP contribution is 2.26. The maximum Gasteiger partial charge on any atom is 0.265 e. The molecule has 2 aromatic rings. The van der Waals surface area contributed by atoms with Gasteiger partial charge in [-0.1, -0.05) is 29.8 Å². The first-order valence-electron chi connectivity index (χ1n) is 6.77. The standard InChI is InChI=1S/C17H19NO3/c1-12-8-10-14(11-9-12)18-17(19)13(2)21-16-7-5-4-6-15(16)20-3/h4-11,13H,1-3H3,(H,18,19)/t13-/m1/s1. The number of hydrogen-bond donors (Lipinski definition) is 1. The Bertz CT molecular complexity index is 608. The zero-order valence-electron chi connectivity index (χ0n) is 12.4. The molecule has 0 saturated carbocycles. The van der Waals surface area contributed by atoms with E-state index in [1.54, 1.807) is 26.2 Å². The van der Waals surface area contributed by atoms with Gasteiger partial charge in [-0.05, 0) is 38.1 Å². The predicted molar refractivity (Wildman–Crippen MR) is 82.9 cm³/mol. The van der Waals surface area contributed by atoms with Crippen molar-refractivity contribution in [1.29, 1.82) is 0 Å². The molecule has 1 amide bonds. The van der Waals surface area contributed by atoms with Crippen molar-refractivity contribution in [2.45, 2.75) is 20.0 Å². The molecular weight excluding hydrogens is 266 g/mol. The van der Waals surface area contributed by atoms with E-state index in [0.717, 1.165) is 11.3 Å². The Morgan fingerprint density at radius 2 is 1.67 bits per heavy atom. The number of anilines is 1. The van der Waals surface area contributed by atoms with Crippen LogP contribution in [0.2, 0.25) is 0 Å². The van der Waals surface area contributed by atoms with Crippen LogP contribution < -0.4 is 14.8 Å². The lowest BCUT2D eigenvalue weighted by Gasteiger charge is -2.16. The van der Waals surface area contributed by atoms with E-state index in [2.05, 4.69) is 5.32 Å². The van der Waals surface area contributed by atoms with E-state index in [1.807, 2.05) is 43.3 Å². The summed E-state index contributed by atoms with van der Waals surface area (Å²) in [5, 5.41) is 2.82. The third-order valence-electron chi connectivity index (χ3n) is 3.06. The normalized spacial score (nSPS) is 11.6. The highest BCUT2D eigenvalue weighted by molar-refractivity contribution is 5.94. The summed E-state index contributed by atoms with van der Waals surface area (Å²) in [4.78, 5) is 12.1. The van der Waals surface area contributed by atoms with Crippen LogP contribution in [0.5, 0.6) is 11.5 Å². The SMILES string of the molecule is COc1ccccc1O[C@H](C)C(=O)Nc1ccc(C)cc1. The number of methoxy groups -OCH3 is 1.